The number of hydrogen-bond acceptors (Lipinski definition) is 4. The van der Waals surface area contributed by atoms with E-state index in [1.54, 1.807) is 25.5 Å². The predicted molar refractivity (Wildman–Crippen MR) is 43.7 cm³/mol. The van der Waals surface area contributed by atoms with Crippen LogP contribution < -0.4 is 11.2 Å². The Morgan fingerprint density at radius 3 is 2.50 bits per heavy atom. The fourth-order valence-corrected chi connectivity index (χ4v) is 0.400. The molecule has 1 aliphatic heterocycles. The second-order valence-electron chi connectivity index (χ2n) is 1.68. The Morgan fingerprint density at radius 2 is 2.42 bits per heavy atom. The quantitative estimate of drug-likeness (QED) is 0.609. The van der Waals surface area contributed by atoms with E-state index in [0.717, 1.165) is 0 Å². The van der Waals surface area contributed by atoms with Crippen LogP contribution in [-0.4, -0.2) is 12.7 Å². The molecular formula is C7H12N2O3. The molecule has 0 fully saturated rings. The van der Waals surface area contributed by atoms with Gasteiger partial charge in [0.25, 0.3) is 0 Å². The largest absolute Gasteiger partial charge is 0.450 e. The van der Waals surface area contributed by atoms with Crippen molar-refractivity contribution in [2.75, 3.05) is 6.61 Å². The van der Waals surface area contributed by atoms with E-state index in [9.17, 15) is 4.79 Å². The molecule has 5 heteroatoms. The van der Waals surface area contributed by atoms with E-state index in [1.807, 2.05) is 6.08 Å². The lowest BCUT2D eigenvalue weighted by Gasteiger charge is -1.97. The monoisotopic (exact) mass is 172 g/mol. The van der Waals surface area contributed by atoms with Crippen molar-refractivity contribution in [1.29, 1.82) is 0 Å². The minimum atomic E-state index is -0.711. The van der Waals surface area contributed by atoms with Crippen molar-refractivity contribution >= 4 is 6.09 Å². The van der Waals surface area contributed by atoms with Gasteiger partial charge >= 0.3 is 6.09 Å². The van der Waals surface area contributed by atoms with Crippen LogP contribution in [0.5, 0.6) is 0 Å². The van der Waals surface area contributed by atoms with Gasteiger partial charge in [-0.3, -0.25) is 0 Å². The first-order valence-corrected chi connectivity index (χ1v) is 3.42. The summed E-state index contributed by atoms with van der Waals surface area (Å²) in [5, 5.41) is 0. The summed E-state index contributed by atoms with van der Waals surface area (Å²) >= 11 is 0. The van der Waals surface area contributed by atoms with Gasteiger partial charge in [0, 0.05) is 6.20 Å². The standard InChI is InChI=1S/C4H5NO.C3H7NO2/c1-2-4-6-5-3-1;1-2-6-3(4)5/h1-5H;2H2,1H3,(H2,4,5). The van der Waals surface area contributed by atoms with E-state index >= 15 is 0 Å². The van der Waals surface area contributed by atoms with E-state index in [-0.39, 0.29) is 0 Å². The van der Waals surface area contributed by atoms with Crippen LogP contribution in [0.1, 0.15) is 6.92 Å². The zero-order valence-electron chi connectivity index (χ0n) is 6.82. The Labute approximate surface area is 70.8 Å². The molecule has 0 aromatic heterocycles. The van der Waals surface area contributed by atoms with E-state index in [2.05, 4.69) is 20.8 Å². The average Bonchev–Trinajstić information content (AvgIpc) is 2.08. The van der Waals surface area contributed by atoms with E-state index < -0.39 is 6.09 Å². The van der Waals surface area contributed by atoms with Crippen molar-refractivity contribution in [1.82, 2.24) is 5.48 Å². The molecule has 0 bridgehead atoms. The maximum absolute atomic E-state index is 9.60. The molecule has 12 heavy (non-hydrogen) atoms. The molecule has 0 atom stereocenters. The van der Waals surface area contributed by atoms with Gasteiger partial charge in [-0.1, -0.05) is 0 Å². The van der Waals surface area contributed by atoms with Crippen LogP contribution in [0.3, 0.4) is 0 Å². The molecule has 0 unspecified atom stereocenters. The molecule has 0 aliphatic carbocycles. The summed E-state index contributed by atoms with van der Waals surface area (Å²) in [5.41, 5.74) is 7.06. The lowest BCUT2D eigenvalue weighted by atomic mass is 10.6. The molecule has 0 aromatic carbocycles. The Kier molecular flexibility index (Phi) is 6.43. The third-order valence-electron chi connectivity index (χ3n) is 0.777. The topological polar surface area (TPSA) is 73.6 Å². The van der Waals surface area contributed by atoms with Gasteiger partial charge in [0.1, 0.15) is 6.26 Å². The Hall–Kier alpha value is -1.65. The van der Waals surface area contributed by atoms with Crippen molar-refractivity contribution < 1.29 is 14.4 Å². The molecule has 1 heterocycles. The average molecular weight is 172 g/mol. The van der Waals surface area contributed by atoms with Crippen LogP contribution in [0.2, 0.25) is 0 Å². The van der Waals surface area contributed by atoms with Gasteiger partial charge < -0.3 is 15.3 Å². The molecule has 1 aliphatic rings. The van der Waals surface area contributed by atoms with Crippen LogP contribution in [0.15, 0.2) is 24.6 Å². The summed E-state index contributed by atoms with van der Waals surface area (Å²) in [5.74, 6) is 0. The highest BCUT2D eigenvalue weighted by Gasteiger charge is 1.82. The van der Waals surface area contributed by atoms with Crippen LogP contribution in [0.25, 0.3) is 0 Å². The summed E-state index contributed by atoms with van der Waals surface area (Å²) in [6, 6.07) is 0. The Bertz CT molecular complexity index is 165. The van der Waals surface area contributed by atoms with Crippen LogP contribution in [-0.2, 0) is 9.57 Å². The molecule has 3 N–H and O–H groups in total. The van der Waals surface area contributed by atoms with Crippen molar-refractivity contribution in [2.24, 2.45) is 5.73 Å². The third kappa shape index (κ3) is 8.35. The maximum atomic E-state index is 9.60. The number of hydroxylamine groups is 1. The number of nitrogens with two attached hydrogens (primary N) is 1. The van der Waals surface area contributed by atoms with Crippen LogP contribution in [0, 0.1) is 0 Å². The van der Waals surface area contributed by atoms with Gasteiger partial charge in [-0.05, 0) is 19.1 Å². The van der Waals surface area contributed by atoms with Gasteiger partial charge in [-0.15, -0.1) is 0 Å². The number of ether oxygens (including phenoxy) is 1. The molecule has 1 amide bonds. The Morgan fingerprint density at radius 1 is 1.67 bits per heavy atom. The molecule has 0 saturated carbocycles. The lowest BCUT2D eigenvalue weighted by molar-refractivity contribution is 0.163. The maximum Gasteiger partial charge on any atom is 0.404 e. The van der Waals surface area contributed by atoms with Crippen LogP contribution in [0.4, 0.5) is 4.79 Å². The summed E-state index contributed by atoms with van der Waals surface area (Å²) in [4.78, 5) is 14.2. The number of carbonyl (C=O) groups excluding carboxylic acids is 1. The highest BCUT2D eigenvalue weighted by Crippen LogP contribution is 1.80. The number of nitrogens with one attached hydrogen (secondary N) is 1. The number of primary amides is 1. The van der Waals surface area contributed by atoms with Crippen molar-refractivity contribution in [2.45, 2.75) is 6.92 Å². The first-order chi connectivity index (χ1) is 5.77. The highest BCUT2D eigenvalue weighted by atomic mass is 16.6. The van der Waals surface area contributed by atoms with E-state index in [1.165, 1.54) is 0 Å². The molecule has 0 radical (unpaired) electrons. The molecule has 0 spiro atoms. The minimum absolute atomic E-state index is 0.356. The fraction of sp³-hybridized carbons (Fsp3) is 0.286. The first kappa shape index (κ1) is 10.3. The van der Waals surface area contributed by atoms with Gasteiger partial charge in [0.05, 0.1) is 6.61 Å². The van der Waals surface area contributed by atoms with E-state index in [0.29, 0.717) is 6.61 Å². The second kappa shape index (κ2) is 7.46. The fourth-order valence-electron chi connectivity index (χ4n) is 0.400. The molecule has 5 nitrogen and oxygen atoms in total. The lowest BCUT2D eigenvalue weighted by Crippen LogP contribution is -2.11. The smallest absolute Gasteiger partial charge is 0.404 e. The number of carbonyl (C=O) groups is 1. The predicted octanol–water partition coefficient (Wildman–Crippen LogP) is 0.650. The molecule has 0 aromatic rings. The summed E-state index contributed by atoms with van der Waals surface area (Å²) in [6.45, 7) is 2.06. The van der Waals surface area contributed by atoms with Gasteiger partial charge in [-0.2, -0.15) is 0 Å². The Balaban J connectivity index is 0.000000202. The number of allylic oxidation sites excluding steroid dienone is 2. The molecule has 0 saturated heterocycles. The van der Waals surface area contributed by atoms with Crippen molar-refractivity contribution in [3.63, 3.8) is 0 Å². The van der Waals surface area contributed by atoms with E-state index in [4.69, 9.17) is 0 Å². The number of hydrogen-bond donors (Lipinski definition) is 2. The zero-order chi connectivity index (χ0) is 9.23. The van der Waals surface area contributed by atoms with Crippen molar-refractivity contribution in [3.05, 3.63) is 24.6 Å². The van der Waals surface area contributed by atoms with Gasteiger partial charge in [0.2, 0.25) is 0 Å². The van der Waals surface area contributed by atoms with Gasteiger partial charge in [-0.25, -0.2) is 10.3 Å². The highest BCUT2D eigenvalue weighted by molar-refractivity contribution is 5.64. The zero-order valence-corrected chi connectivity index (χ0v) is 6.82. The summed E-state index contributed by atoms with van der Waals surface area (Å²) in [7, 11) is 0. The molecule has 68 valence electrons. The number of amides is 1. The minimum Gasteiger partial charge on any atom is -0.450 e. The molecule has 1 rings (SSSR count). The normalized spacial score (nSPS) is 11.8. The summed E-state index contributed by atoms with van der Waals surface area (Å²) in [6.07, 6.45) is 6.22. The second-order valence-corrected chi connectivity index (χ2v) is 1.68. The third-order valence-corrected chi connectivity index (χ3v) is 0.777. The summed E-state index contributed by atoms with van der Waals surface area (Å²) < 4.78 is 4.18. The first-order valence-electron chi connectivity index (χ1n) is 3.42. The molecular weight excluding hydrogens is 160 g/mol. The number of rotatable bonds is 1. The van der Waals surface area contributed by atoms with Gasteiger partial charge in [0.15, 0.2) is 0 Å². The van der Waals surface area contributed by atoms with Crippen molar-refractivity contribution in [3.8, 4) is 0 Å². The SMILES string of the molecule is C1=CNOC=C1.CCOC(N)=O. The van der Waals surface area contributed by atoms with Crippen LogP contribution >= 0.6 is 0 Å².